The summed E-state index contributed by atoms with van der Waals surface area (Å²) in [7, 11) is 0. The highest BCUT2D eigenvalue weighted by Gasteiger charge is 2.20. The van der Waals surface area contributed by atoms with E-state index in [1.165, 1.54) is 0 Å². The monoisotopic (exact) mass is 178 g/mol. The molecule has 1 rings (SSSR count). The average Bonchev–Trinajstić information content (AvgIpc) is 2.19. The van der Waals surface area contributed by atoms with Gasteiger partial charge < -0.3 is 4.74 Å². The molecule has 0 aromatic heterocycles. The standard InChI is InChI=1S/C12H18O/c1-4-12(3,5-2)13-11-9-7-6-8-10-11/h6-10H,4-5H2,1-3H3. The van der Waals surface area contributed by atoms with Crippen molar-refractivity contribution in [3.8, 4) is 5.75 Å². The third-order valence-electron chi connectivity index (χ3n) is 2.60. The summed E-state index contributed by atoms with van der Waals surface area (Å²) < 4.78 is 5.90. The Balaban J connectivity index is 2.68. The van der Waals surface area contributed by atoms with Gasteiger partial charge in [0, 0.05) is 0 Å². The molecule has 0 heterocycles. The fourth-order valence-corrected chi connectivity index (χ4v) is 1.17. The lowest BCUT2D eigenvalue weighted by Gasteiger charge is -2.28. The Morgan fingerprint density at radius 2 is 1.62 bits per heavy atom. The van der Waals surface area contributed by atoms with E-state index in [4.69, 9.17) is 4.74 Å². The van der Waals surface area contributed by atoms with Crippen LogP contribution in [0.15, 0.2) is 30.3 Å². The predicted molar refractivity (Wildman–Crippen MR) is 56.1 cm³/mol. The van der Waals surface area contributed by atoms with E-state index >= 15 is 0 Å². The van der Waals surface area contributed by atoms with Crippen LogP contribution in [0.25, 0.3) is 0 Å². The average molecular weight is 178 g/mol. The van der Waals surface area contributed by atoms with Crippen LogP contribution in [-0.4, -0.2) is 5.60 Å². The number of hydrogen-bond acceptors (Lipinski definition) is 1. The largest absolute Gasteiger partial charge is 0.488 e. The number of hydrogen-bond donors (Lipinski definition) is 0. The van der Waals surface area contributed by atoms with Crippen molar-refractivity contribution in [1.29, 1.82) is 0 Å². The van der Waals surface area contributed by atoms with Crippen molar-refractivity contribution in [3.05, 3.63) is 30.3 Å². The van der Waals surface area contributed by atoms with Gasteiger partial charge in [0.15, 0.2) is 0 Å². The SMILES string of the molecule is CCC(C)(CC)Oc1ccccc1. The molecule has 0 radical (unpaired) electrons. The molecular weight excluding hydrogens is 160 g/mol. The maximum atomic E-state index is 5.90. The summed E-state index contributed by atoms with van der Waals surface area (Å²) in [6.45, 7) is 6.47. The van der Waals surface area contributed by atoms with Crippen molar-refractivity contribution in [2.24, 2.45) is 0 Å². The molecule has 0 fully saturated rings. The summed E-state index contributed by atoms with van der Waals surface area (Å²) in [5.41, 5.74) is -0.0125. The molecule has 1 aromatic rings. The highest BCUT2D eigenvalue weighted by atomic mass is 16.5. The van der Waals surface area contributed by atoms with E-state index < -0.39 is 0 Å². The van der Waals surface area contributed by atoms with Gasteiger partial charge in [-0.3, -0.25) is 0 Å². The molecule has 0 atom stereocenters. The van der Waals surface area contributed by atoms with E-state index in [0.717, 1.165) is 18.6 Å². The quantitative estimate of drug-likeness (QED) is 0.684. The molecule has 0 saturated heterocycles. The van der Waals surface area contributed by atoms with Gasteiger partial charge in [-0.05, 0) is 31.9 Å². The first kappa shape index (κ1) is 10.1. The van der Waals surface area contributed by atoms with Gasteiger partial charge >= 0.3 is 0 Å². The molecule has 1 aromatic carbocycles. The van der Waals surface area contributed by atoms with Gasteiger partial charge in [0.2, 0.25) is 0 Å². The molecule has 72 valence electrons. The molecule has 0 saturated carbocycles. The van der Waals surface area contributed by atoms with Gasteiger partial charge in [0.05, 0.1) is 0 Å². The van der Waals surface area contributed by atoms with Crippen LogP contribution < -0.4 is 4.74 Å². The molecule has 0 N–H and O–H groups in total. The molecule has 0 bridgehead atoms. The second-order valence-electron chi connectivity index (χ2n) is 3.57. The van der Waals surface area contributed by atoms with E-state index in [9.17, 15) is 0 Å². The number of para-hydroxylation sites is 1. The summed E-state index contributed by atoms with van der Waals surface area (Å²) in [6.07, 6.45) is 2.08. The van der Waals surface area contributed by atoms with Crippen LogP contribution in [0.1, 0.15) is 33.6 Å². The maximum Gasteiger partial charge on any atom is 0.120 e. The number of ether oxygens (including phenoxy) is 1. The number of rotatable bonds is 4. The Labute approximate surface area is 80.7 Å². The molecular formula is C12H18O. The summed E-state index contributed by atoms with van der Waals surface area (Å²) in [6, 6.07) is 10.0. The van der Waals surface area contributed by atoms with Crippen LogP contribution in [0.2, 0.25) is 0 Å². The summed E-state index contributed by atoms with van der Waals surface area (Å²) in [5.74, 6) is 0.966. The molecule has 1 heteroatoms. The zero-order valence-electron chi connectivity index (χ0n) is 8.71. The maximum absolute atomic E-state index is 5.90. The van der Waals surface area contributed by atoms with E-state index in [-0.39, 0.29) is 5.60 Å². The smallest absolute Gasteiger partial charge is 0.120 e. The molecule has 0 spiro atoms. The lowest BCUT2D eigenvalue weighted by Crippen LogP contribution is -2.30. The van der Waals surface area contributed by atoms with Crippen molar-refractivity contribution < 1.29 is 4.74 Å². The first-order chi connectivity index (χ1) is 6.20. The lowest BCUT2D eigenvalue weighted by atomic mass is 10.00. The summed E-state index contributed by atoms with van der Waals surface area (Å²) in [5, 5.41) is 0. The topological polar surface area (TPSA) is 9.23 Å². The molecule has 0 unspecified atom stereocenters. The molecule has 0 amide bonds. The lowest BCUT2D eigenvalue weighted by molar-refractivity contribution is 0.0803. The fraction of sp³-hybridized carbons (Fsp3) is 0.500. The first-order valence-electron chi connectivity index (χ1n) is 4.94. The number of benzene rings is 1. The van der Waals surface area contributed by atoms with Crippen LogP contribution >= 0.6 is 0 Å². The zero-order valence-corrected chi connectivity index (χ0v) is 8.71. The Kier molecular flexibility index (Phi) is 3.35. The minimum absolute atomic E-state index is 0.0125. The highest BCUT2D eigenvalue weighted by Crippen LogP contribution is 2.23. The van der Waals surface area contributed by atoms with Gasteiger partial charge in [0.25, 0.3) is 0 Å². The van der Waals surface area contributed by atoms with Crippen molar-refractivity contribution in [1.82, 2.24) is 0 Å². The third kappa shape index (κ3) is 2.76. The van der Waals surface area contributed by atoms with Crippen LogP contribution in [0.3, 0.4) is 0 Å². The van der Waals surface area contributed by atoms with Gasteiger partial charge in [-0.15, -0.1) is 0 Å². The normalized spacial score (nSPS) is 11.3. The first-order valence-corrected chi connectivity index (χ1v) is 4.94. The van der Waals surface area contributed by atoms with E-state index in [1.54, 1.807) is 0 Å². The molecule has 0 aliphatic carbocycles. The third-order valence-corrected chi connectivity index (χ3v) is 2.60. The van der Waals surface area contributed by atoms with E-state index in [0.29, 0.717) is 0 Å². The van der Waals surface area contributed by atoms with Gasteiger partial charge in [-0.2, -0.15) is 0 Å². The highest BCUT2D eigenvalue weighted by molar-refractivity contribution is 5.21. The van der Waals surface area contributed by atoms with Crippen LogP contribution in [0.5, 0.6) is 5.75 Å². The Bertz CT molecular complexity index is 237. The summed E-state index contributed by atoms with van der Waals surface area (Å²) >= 11 is 0. The van der Waals surface area contributed by atoms with Crippen molar-refractivity contribution >= 4 is 0 Å². The Morgan fingerprint density at radius 1 is 1.08 bits per heavy atom. The van der Waals surface area contributed by atoms with E-state index in [2.05, 4.69) is 20.8 Å². The van der Waals surface area contributed by atoms with Crippen molar-refractivity contribution in [3.63, 3.8) is 0 Å². The second kappa shape index (κ2) is 4.31. The van der Waals surface area contributed by atoms with Gasteiger partial charge in [0.1, 0.15) is 11.4 Å². The molecule has 0 aliphatic heterocycles. The van der Waals surface area contributed by atoms with Crippen LogP contribution in [0, 0.1) is 0 Å². The van der Waals surface area contributed by atoms with Gasteiger partial charge in [-0.25, -0.2) is 0 Å². The fourth-order valence-electron chi connectivity index (χ4n) is 1.17. The minimum atomic E-state index is -0.0125. The van der Waals surface area contributed by atoms with Gasteiger partial charge in [-0.1, -0.05) is 32.0 Å². The predicted octanol–water partition coefficient (Wildman–Crippen LogP) is 3.64. The van der Waals surface area contributed by atoms with Crippen LogP contribution in [-0.2, 0) is 0 Å². The molecule has 0 aliphatic rings. The molecule has 1 nitrogen and oxygen atoms in total. The van der Waals surface area contributed by atoms with E-state index in [1.807, 2.05) is 30.3 Å². The van der Waals surface area contributed by atoms with Crippen LogP contribution in [0.4, 0.5) is 0 Å². The van der Waals surface area contributed by atoms with Crippen molar-refractivity contribution in [2.75, 3.05) is 0 Å². The molecule has 13 heavy (non-hydrogen) atoms. The minimum Gasteiger partial charge on any atom is -0.488 e. The summed E-state index contributed by atoms with van der Waals surface area (Å²) in [4.78, 5) is 0. The Morgan fingerprint density at radius 3 is 2.08 bits per heavy atom. The zero-order chi connectivity index (χ0) is 9.73. The second-order valence-corrected chi connectivity index (χ2v) is 3.57. The Hall–Kier alpha value is -0.980. The van der Waals surface area contributed by atoms with Crippen molar-refractivity contribution in [2.45, 2.75) is 39.2 Å².